The second-order valence-corrected chi connectivity index (χ2v) is 8.69. The van der Waals surface area contributed by atoms with Crippen LogP contribution in [-0.4, -0.2) is 75.4 Å². The molecular formula is C26H28N4O4. The van der Waals surface area contributed by atoms with E-state index < -0.39 is 17.7 Å². The molecule has 2 fully saturated rings. The molecule has 1 amide bonds. The minimum absolute atomic E-state index is 0.108. The van der Waals surface area contributed by atoms with Gasteiger partial charge < -0.3 is 14.7 Å². The second kappa shape index (κ2) is 9.40. The van der Waals surface area contributed by atoms with E-state index in [1.807, 2.05) is 48.5 Å². The highest BCUT2D eigenvalue weighted by molar-refractivity contribution is 6.46. The zero-order chi connectivity index (χ0) is 23.7. The molecule has 176 valence electrons. The normalized spacial score (nSPS) is 21.0. The van der Waals surface area contributed by atoms with Crippen molar-refractivity contribution in [1.82, 2.24) is 19.2 Å². The Bertz CT molecular complexity index is 1240. The standard InChI is InChI=1S/C26H28N4O4/c1-18-22(29-12-6-5-10-20(29)27-18)24(31)21-23(19-8-3-2-4-9-19)30(26(33)25(21)32)13-7-11-28-14-16-34-17-15-28/h2-6,8-10,12,23,31H,7,11,13-17H2,1H3/b24-21+/t23-/m0/s1. The molecule has 0 unspecified atom stereocenters. The van der Waals surface area contributed by atoms with Crippen molar-refractivity contribution >= 4 is 23.1 Å². The van der Waals surface area contributed by atoms with Crippen LogP contribution in [0.4, 0.5) is 0 Å². The largest absolute Gasteiger partial charge is 0.505 e. The number of carbonyl (C=O) groups is 2. The molecule has 2 saturated heterocycles. The summed E-state index contributed by atoms with van der Waals surface area (Å²) in [6.45, 7) is 6.20. The third-order valence-electron chi connectivity index (χ3n) is 6.56. The quantitative estimate of drug-likeness (QED) is 0.346. The molecule has 34 heavy (non-hydrogen) atoms. The Morgan fingerprint density at radius 3 is 2.56 bits per heavy atom. The number of imidazole rings is 1. The van der Waals surface area contributed by atoms with Crippen LogP contribution >= 0.6 is 0 Å². The van der Waals surface area contributed by atoms with Crippen LogP contribution in [-0.2, 0) is 14.3 Å². The predicted molar refractivity (Wildman–Crippen MR) is 127 cm³/mol. The summed E-state index contributed by atoms with van der Waals surface area (Å²) in [6, 6.07) is 14.3. The Labute approximate surface area is 198 Å². The first-order valence-electron chi connectivity index (χ1n) is 11.6. The number of Topliss-reactive ketones (excluding diaryl/α,β-unsaturated/α-hetero) is 1. The Morgan fingerprint density at radius 2 is 1.79 bits per heavy atom. The molecule has 2 aromatic heterocycles. The number of aliphatic hydroxyl groups excluding tert-OH is 1. The minimum atomic E-state index is -0.664. The number of ketones is 1. The summed E-state index contributed by atoms with van der Waals surface area (Å²) in [5, 5.41) is 11.5. The summed E-state index contributed by atoms with van der Waals surface area (Å²) in [5.74, 6) is -1.44. The van der Waals surface area contributed by atoms with Crippen LogP contribution < -0.4 is 0 Å². The highest BCUT2D eigenvalue weighted by Gasteiger charge is 2.46. The Morgan fingerprint density at radius 1 is 1.06 bits per heavy atom. The van der Waals surface area contributed by atoms with E-state index in [0.717, 1.165) is 31.6 Å². The number of morpholine rings is 1. The SMILES string of the molecule is Cc1nc2ccccn2c1/C(O)=C1\C(=O)C(=O)N(CCCN2CCOCC2)[C@H]1c1ccccc1. The Hall–Kier alpha value is -3.49. The number of aliphatic hydroxyl groups is 1. The number of ether oxygens (including phenoxy) is 1. The molecule has 0 bridgehead atoms. The molecular weight excluding hydrogens is 432 g/mol. The van der Waals surface area contributed by atoms with Crippen molar-refractivity contribution in [2.45, 2.75) is 19.4 Å². The van der Waals surface area contributed by atoms with Crippen molar-refractivity contribution in [3.05, 3.63) is 77.3 Å². The van der Waals surface area contributed by atoms with E-state index in [4.69, 9.17) is 4.74 Å². The average molecular weight is 461 g/mol. The highest BCUT2D eigenvalue weighted by Crippen LogP contribution is 2.40. The topological polar surface area (TPSA) is 87.4 Å². The molecule has 0 saturated carbocycles. The van der Waals surface area contributed by atoms with E-state index in [2.05, 4.69) is 9.88 Å². The van der Waals surface area contributed by atoms with Gasteiger partial charge in [0.2, 0.25) is 0 Å². The van der Waals surface area contributed by atoms with Crippen LogP contribution in [0.1, 0.15) is 29.4 Å². The van der Waals surface area contributed by atoms with Gasteiger partial charge in [0.25, 0.3) is 11.7 Å². The van der Waals surface area contributed by atoms with E-state index in [1.54, 1.807) is 22.4 Å². The maximum Gasteiger partial charge on any atom is 0.295 e. The number of pyridine rings is 1. The summed E-state index contributed by atoms with van der Waals surface area (Å²) in [5.41, 5.74) is 2.59. The fourth-order valence-electron chi connectivity index (χ4n) is 4.91. The monoisotopic (exact) mass is 460 g/mol. The molecule has 0 spiro atoms. The van der Waals surface area contributed by atoms with Crippen molar-refractivity contribution in [2.75, 3.05) is 39.4 Å². The van der Waals surface area contributed by atoms with Crippen molar-refractivity contribution in [3.63, 3.8) is 0 Å². The number of benzene rings is 1. The van der Waals surface area contributed by atoms with Crippen LogP contribution in [0.15, 0.2) is 60.3 Å². The summed E-state index contributed by atoms with van der Waals surface area (Å²) in [7, 11) is 0. The first-order chi connectivity index (χ1) is 16.6. The van der Waals surface area contributed by atoms with E-state index >= 15 is 0 Å². The van der Waals surface area contributed by atoms with Gasteiger partial charge >= 0.3 is 0 Å². The lowest BCUT2D eigenvalue weighted by Gasteiger charge is -2.29. The highest BCUT2D eigenvalue weighted by atomic mass is 16.5. The van der Waals surface area contributed by atoms with Crippen LogP contribution in [0.25, 0.3) is 11.4 Å². The van der Waals surface area contributed by atoms with Crippen molar-refractivity contribution in [1.29, 1.82) is 0 Å². The first kappa shape index (κ1) is 22.3. The Balaban J connectivity index is 1.53. The number of carbonyl (C=O) groups excluding carboxylic acids is 2. The summed E-state index contributed by atoms with van der Waals surface area (Å²) in [4.78, 5) is 34.9. The lowest BCUT2D eigenvalue weighted by Crippen LogP contribution is -2.38. The third-order valence-corrected chi connectivity index (χ3v) is 6.56. The first-order valence-corrected chi connectivity index (χ1v) is 11.6. The van der Waals surface area contributed by atoms with Gasteiger partial charge in [-0.2, -0.15) is 0 Å². The fourth-order valence-corrected chi connectivity index (χ4v) is 4.91. The maximum atomic E-state index is 13.3. The van der Waals surface area contributed by atoms with E-state index in [9.17, 15) is 14.7 Å². The fraction of sp³-hybridized carbons (Fsp3) is 0.346. The zero-order valence-electron chi connectivity index (χ0n) is 19.2. The van der Waals surface area contributed by atoms with Gasteiger partial charge in [-0.3, -0.25) is 18.9 Å². The number of aromatic nitrogens is 2. The smallest absolute Gasteiger partial charge is 0.295 e. The zero-order valence-corrected chi connectivity index (χ0v) is 19.2. The molecule has 1 atom stereocenters. The lowest BCUT2D eigenvalue weighted by atomic mass is 9.96. The second-order valence-electron chi connectivity index (χ2n) is 8.69. The number of likely N-dealkylation sites (tertiary alicyclic amines) is 1. The third kappa shape index (κ3) is 3.99. The molecule has 3 aromatic rings. The number of rotatable bonds is 6. The van der Waals surface area contributed by atoms with Gasteiger partial charge in [0.15, 0.2) is 5.76 Å². The summed E-state index contributed by atoms with van der Waals surface area (Å²) in [6.07, 6.45) is 2.52. The number of hydrogen-bond acceptors (Lipinski definition) is 6. The summed E-state index contributed by atoms with van der Waals surface area (Å²) >= 11 is 0. The molecule has 5 rings (SSSR count). The predicted octanol–water partition coefficient (Wildman–Crippen LogP) is 2.79. The summed E-state index contributed by atoms with van der Waals surface area (Å²) < 4.78 is 7.16. The number of nitrogens with zero attached hydrogens (tertiary/aromatic N) is 4. The van der Waals surface area contributed by atoms with Gasteiger partial charge in [0.1, 0.15) is 11.3 Å². The number of amides is 1. The molecule has 0 aliphatic carbocycles. The lowest BCUT2D eigenvalue weighted by molar-refractivity contribution is -0.140. The van der Waals surface area contributed by atoms with Gasteiger partial charge in [-0.05, 0) is 31.0 Å². The molecule has 0 radical (unpaired) electrons. The van der Waals surface area contributed by atoms with Gasteiger partial charge in [-0.1, -0.05) is 36.4 Å². The number of hydrogen-bond donors (Lipinski definition) is 1. The van der Waals surface area contributed by atoms with Gasteiger partial charge in [-0.15, -0.1) is 0 Å². The van der Waals surface area contributed by atoms with Gasteiger partial charge in [0, 0.05) is 32.4 Å². The van der Waals surface area contributed by atoms with Crippen molar-refractivity contribution in [2.24, 2.45) is 0 Å². The molecule has 2 aliphatic rings. The molecule has 8 nitrogen and oxygen atoms in total. The molecule has 1 N–H and O–H groups in total. The van der Waals surface area contributed by atoms with Crippen molar-refractivity contribution < 1.29 is 19.4 Å². The van der Waals surface area contributed by atoms with Crippen LogP contribution in [0.3, 0.4) is 0 Å². The average Bonchev–Trinajstić information content (AvgIpc) is 3.33. The van der Waals surface area contributed by atoms with Crippen molar-refractivity contribution in [3.8, 4) is 0 Å². The van der Waals surface area contributed by atoms with Crippen LogP contribution in [0, 0.1) is 6.92 Å². The molecule has 1 aromatic carbocycles. The van der Waals surface area contributed by atoms with Crippen LogP contribution in [0.5, 0.6) is 0 Å². The van der Waals surface area contributed by atoms with Crippen LogP contribution in [0.2, 0.25) is 0 Å². The molecule has 4 heterocycles. The Kier molecular flexibility index (Phi) is 6.17. The number of fused-ring (bicyclic) bond motifs is 1. The molecule has 8 heteroatoms. The van der Waals surface area contributed by atoms with E-state index in [0.29, 0.717) is 36.8 Å². The van der Waals surface area contributed by atoms with E-state index in [-0.39, 0.29) is 11.3 Å². The maximum absolute atomic E-state index is 13.3. The van der Waals surface area contributed by atoms with Gasteiger partial charge in [-0.25, -0.2) is 4.98 Å². The molecule has 2 aliphatic heterocycles. The number of aryl methyl sites for hydroxylation is 1. The van der Waals surface area contributed by atoms with E-state index in [1.165, 1.54) is 0 Å². The van der Waals surface area contributed by atoms with Gasteiger partial charge in [0.05, 0.1) is 30.5 Å². The minimum Gasteiger partial charge on any atom is -0.505 e.